The molecule has 0 bridgehead atoms. The minimum Gasteiger partial charge on any atom is -0.483 e. The van der Waals surface area contributed by atoms with Crippen molar-refractivity contribution in [2.75, 3.05) is 63.9 Å². The Morgan fingerprint density at radius 1 is 0.892 bits per heavy atom. The number of anilines is 1. The van der Waals surface area contributed by atoms with Gasteiger partial charge in [-0.2, -0.15) is 0 Å². The van der Waals surface area contributed by atoms with Gasteiger partial charge in [0, 0.05) is 70.2 Å². The first-order chi connectivity index (χ1) is 18.0. The van der Waals surface area contributed by atoms with E-state index in [9.17, 15) is 0 Å². The fourth-order valence-corrected chi connectivity index (χ4v) is 5.82. The number of fused-ring (bicyclic) bond motifs is 3. The van der Waals surface area contributed by atoms with Crippen molar-refractivity contribution >= 4 is 5.69 Å². The van der Waals surface area contributed by atoms with Gasteiger partial charge in [-0.15, -0.1) is 0 Å². The molecular formula is C30H39N5O2. The first-order valence-corrected chi connectivity index (χ1v) is 13.8. The molecule has 0 radical (unpaired) electrons. The number of morpholine rings is 1. The lowest BCUT2D eigenvalue weighted by molar-refractivity contribution is 0.0383. The molecule has 4 heterocycles. The minimum atomic E-state index is 0.508. The van der Waals surface area contributed by atoms with Crippen LogP contribution < -0.4 is 9.64 Å². The van der Waals surface area contributed by atoms with Crippen LogP contribution in [0.1, 0.15) is 30.9 Å². The number of nitrogens with zero attached hydrogens (tertiary/aromatic N) is 5. The molecule has 0 saturated carbocycles. The summed E-state index contributed by atoms with van der Waals surface area (Å²) in [6.45, 7) is 16.5. The molecule has 6 rings (SSSR count). The lowest BCUT2D eigenvalue weighted by Crippen LogP contribution is -2.49. The Hall–Kier alpha value is -2.87. The minimum absolute atomic E-state index is 0.508. The molecule has 0 aliphatic carbocycles. The average molecular weight is 502 g/mol. The van der Waals surface area contributed by atoms with Crippen molar-refractivity contribution in [2.45, 2.75) is 39.8 Å². The van der Waals surface area contributed by atoms with Crippen LogP contribution in [-0.2, 0) is 17.8 Å². The van der Waals surface area contributed by atoms with Crippen LogP contribution in [0.4, 0.5) is 5.69 Å². The molecule has 37 heavy (non-hydrogen) atoms. The zero-order valence-electron chi connectivity index (χ0n) is 22.4. The third kappa shape index (κ3) is 5.13. The van der Waals surface area contributed by atoms with Crippen LogP contribution in [0, 0.1) is 6.92 Å². The van der Waals surface area contributed by atoms with Gasteiger partial charge in [-0.1, -0.05) is 12.1 Å². The number of aryl methyl sites for hydroxylation is 1. The van der Waals surface area contributed by atoms with Crippen LogP contribution in [0.25, 0.3) is 16.8 Å². The molecule has 196 valence electrons. The molecule has 7 heteroatoms. The van der Waals surface area contributed by atoms with E-state index < -0.39 is 0 Å². The molecule has 2 aromatic carbocycles. The third-order valence-electron chi connectivity index (χ3n) is 8.11. The Morgan fingerprint density at radius 3 is 2.35 bits per heavy atom. The summed E-state index contributed by atoms with van der Waals surface area (Å²) in [6, 6.07) is 14.1. The van der Waals surface area contributed by atoms with Crippen LogP contribution in [0.5, 0.6) is 5.75 Å². The highest BCUT2D eigenvalue weighted by Crippen LogP contribution is 2.35. The maximum atomic E-state index is 6.18. The summed E-state index contributed by atoms with van der Waals surface area (Å²) in [7, 11) is 0. The lowest BCUT2D eigenvalue weighted by atomic mass is 10.0. The van der Waals surface area contributed by atoms with Crippen molar-refractivity contribution in [2.24, 2.45) is 0 Å². The summed E-state index contributed by atoms with van der Waals surface area (Å²) in [5.41, 5.74) is 7.31. The van der Waals surface area contributed by atoms with E-state index in [0.717, 1.165) is 88.4 Å². The fourth-order valence-electron chi connectivity index (χ4n) is 5.82. The van der Waals surface area contributed by atoms with Gasteiger partial charge in [-0.3, -0.25) is 14.4 Å². The first kappa shape index (κ1) is 24.5. The lowest BCUT2D eigenvalue weighted by Gasteiger charge is -2.38. The van der Waals surface area contributed by atoms with Gasteiger partial charge in [0.15, 0.2) is 5.82 Å². The van der Waals surface area contributed by atoms with Crippen LogP contribution in [0.3, 0.4) is 0 Å². The van der Waals surface area contributed by atoms with Crippen LogP contribution >= 0.6 is 0 Å². The Morgan fingerprint density at radius 2 is 1.62 bits per heavy atom. The summed E-state index contributed by atoms with van der Waals surface area (Å²) >= 11 is 0. The zero-order valence-corrected chi connectivity index (χ0v) is 22.4. The van der Waals surface area contributed by atoms with E-state index in [-0.39, 0.29) is 0 Å². The van der Waals surface area contributed by atoms with Crippen molar-refractivity contribution in [1.29, 1.82) is 0 Å². The molecule has 3 aliphatic heterocycles. The van der Waals surface area contributed by atoms with E-state index in [4.69, 9.17) is 14.5 Å². The molecule has 1 aromatic heterocycles. The SMILES string of the molecule is Cc1cc(-c2ccc3c(c2)OCc2nc(CCN4CCOCC4)cn2-3)ccc1N1CCN(C(C)C)CC1. The molecule has 0 N–H and O–H groups in total. The second-order valence-corrected chi connectivity index (χ2v) is 10.8. The van der Waals surface area contributed by atoms with E-state index in [1.807, 2.05) is 0 Å². The molecule has 2 fully saturated rings. The molecule has 7 nitrogen and oxygen atoms in total. The van der Waals surface area contributed by atoms with Crippen molar-refractivity contribution in [3.05, 3.63) is 59.7 Å². The number of hydrogen-bond donors (Lipinski definition) is 0. The van der Waals surface area contributed by atoms with Gasteiger partial charge in [0.2, 0.25) is 0 Å². The summed E-state index contributed by atoms with van der Waals surface area (Å²) in [5.74, 6) is 1.91. The molecule has 3 aromatic rings. The van der Waals surface area contributed by atoms with E-state index in [2.05, 4.69) is 82.6 Å². The van der Waals surface area contributed by atoms with E-state index in [1.54, 1.807) is 0 Å². The maximum Gasteiger partial charge on any atom is 0.151 e. The average Bonchev–Trinajstić information content (AvgIpc) is 3.36. The second-order valence-electron chi connectivity index (χ2n) is 10.8. The Kier molecular flexibility index (Phi) is 6.93. The molecule has 3 aliphatic rings. The molecular weight excluding hydrogens is 462 g/mol. The highest BCUT2D eigenvalue weighted by Gasteiger charge is 2.22. The van der Waals surface area contributed by atoms with Gasteiger partial charge >= 0.3 is 0 Å². The molecule has 0 spiro atoms. The summed E-state index contributed by atoms with van der Waals surface area (Å²) in [4.78, 5) is 12.4. The van der Waals surface area contributed by atoms with Crippen molar-refractivity contribution < 1.29 is 9.47 Å². The van der Waals surface area contributed by atoms with Gasteiger partial charge in [0.05, 0.1) is 24.6 Å². The number of rotatable bonds is 6. The quantitative estimate of drug-likeness (QED) is 0.506. The Bertz CT molecular complexity index is 1240. The predicted molar refractivity (Wildman–Crippen MR) is 148 cm³/mol. The van der Waals surface area contributed by atoms with Gasteiger partial charge in [0.25, 0.3) is 0 Å². The zero-order chi connectivity index (χ0) is 25.4. The number of ether oxygens (including phenoxy) is 2. The molecule has 2 saturated heterocycles. The Labute approximate surface area is 220 Å². The number of aromatic nitrogens is 2. The predicted octanol–water partition coefficient (Wildman–Crippen LogP) is 4.15. The standard InChI is InChI=1S/C30H39N5O2/c1-22(2)33-10-12-34(13-11-33)27-6-4-24(18-23(27)3)25-5-7-28-29(19-25)37-21-30-31-26(20-35(28)30)8-9-32-14-16-36-17-15-32/h4-7,18-20,22H,8-17,21H2,1-3H3. The maximum absolute atomic E-state index is 6.18. The number of benzene rings is 2. The van der Waals surface area contributed by atoms with E-state index in [0.29, 0.717) is 12.6 Å². The van der Waals surface area contributed by atoms with Gasteiger partial charge in [0.1, 0.15) is 12.4 Å². The van der Waals surface area contributed by atoms with Gasteiger partial charge in [-0.25, -0.2) is 4.98 Å². The number of imidazole rings is 1. The topological polar surface area (TPSA) is 46.0 Å². The largest absolute Gasteiger partial charge is 0.483 e. The normalized spacial score (nSPS) is 18.5. The highest BCUT2D eigenvalue weighted by molar-refractivity contribution is 5.72. The third-order valence-corrected chi connectivity index (χ3v) is 8.11. The van der Waals surface area contributed by atoms with Crippen LogP contribution in [0.15, 0.2) is 42.6 Å². The second kappa shape index (κ2) is 10.5. The van der Waals surface area contributed by atoms with E-state index >= 15 is 0 Å². The van der Waals surface area contributed by atoms with Crippen molar-refractivity contribution in [3.63, 3.8) is 0 Å². The van der Waals surface area contributed by atoms with Crippen molar-refractivity contribution in [1.82, 2.24) is 19.4 Å². The summed E-state index contributed by atoms with van der Waals surface area (Å²) in [6.07, 6.45) is 3.14. The summed E-state index contributed by atoms with van der Waals surface area (Å²) < 4.78 is 13.9. The van der Waals surface area contributed by atoms with Crippen LogP contribution in [-0.4, -0.2) is 84.4 Å². The monoisotopic (exact) mass is 501 g/mol. The summed E-state index contributed by atoms with van der Waals surface area (Å²) in [5, 5.41) is 0. The Balaban J connectivity index is 1.16. The van der Waals surface area contributed by atoms with E-state index in [1.165, 1.54) is 22.4 Å². The first-order valence-electron chi connectivity index (χ1n) is 13.8. The highest BCUT2D eigenvalue weighted by atomic mass is 16.5. The number of piperazine rings is 1. The molecule has 0 amide bonds. The van der Waals surface area contributed by atoms with Crippen molar-refractivity contribution in [3.8, 4) is 22.6 Å². The molecule has 0 atom stereocenters. The fraction of sp³-hybridized carbons (Fsp3) is 0.500. The van der Waals surface area contributed by atoms with Crippen LogP contribution in [0.2, 0.25) is 0 Å². The smallest absolute Gasteiger partial charge is 0.151 e. The van der Waals surface area contributed by atoms with Gasteiger partial charge < -0.3 is 14.4 Å². The van der Waals surface area contributed by atoms with Gasteiger partial charge in [-0.05, 0) is 61.7 Å². The number of hydrogen-bond acceptors (Lipinski definition) is 6. The molecule has 0 unspecified atom stereocenters.